The molecule has 7 nitrogen and oxygen atoms in total. The Morgan fingerprint density at radius 2 is 2.00 bits per heavy atom. The van der Waals surface area contributed by atoms with E-state index < -0.39 is 37.3 Å². The third-order valence-corrected chi connectivity index (χ3v) is 3.53. The molecule has 4 N–H and O–H groups in total. The highest BCUT2D eigenvalue weighted by atomic mass is 16.6. The van der Waals surface area contributed by atoms with Gasteiger partial charge in [0, 0.05) is 6.92 Å². The molecule has 5 atom stereocenters. The van der Waals surface area contributed by atoms with Gasteiger partial charge in [0.25, 0.3) is 0 Å². The van der Waals surface area contributed by atoms with Crippen molar-refractivity contribution in [1.29, 1.82) is 0 Å². The van der Waals surface area contributed by atoms with Crippen LogP contribution in [0.15, 0.2) is 30.3 Å². The topological polar surface area (TPSA) is 108 Å². The average molecular weight is 311 g/mol. The fraction of sp³-hybridized carbons (Fsp3) is 0.533. The van der Waals surface area contributed by atoms with Crippen LogP contribution in [0.4, 0.5) is 0 Å². The second-order valence-electron chi connectivity index (χ2n) is 5.23. The monoisotopic (exact) mass is 311 g/mol. The summed E-state index contributed by atoms with van der Waals surface area (Å²) in [4.78, 5) is 11.3. The van der Waals surface area contributed by atoms with E-state index >= 15 is 0 Å². The fourth-order valence-electron chi connectivity index (χ4n) is 2.44. The van der Waals surface area contributed by atoms with Crippen LogP contribution in [0.1, 0.15) is 12.5 Å². The number of carbonyl (C=O) groups excluding carboxylic acids is 1. The van der Waals surface area contributed by atoms with Crippen LogP contribution in [-0.4, -0.2) is 58.5 Å². The molecule has 0 radical (unpaired) electrons. The Labute approximate surface area is 128 Å². The molecule has 0 aromatic heterocycles. The Balaban J connectivity index is 2.10. The molecule has 1 amide bonds. The molecule has 0 saturated carbocycles. The molecule has 1 aromatic rings. The van der Waals surface area contributed by atoms with Gasteiger partial charge < -0.3 is 30.1 Å². The molecule has 1 saturated heterocycles. The number of ether oxygens (including phenoxy) is 2. The van der Waals surface area contributed by atoms with Gasteiger partial charge in [-0.3, -0.25) is 4.79 Å². The van der Waals surface area contributed by atoms with Crippen molar-refractivity contribution < 1.29 is 29.6 Å². The zero-order chi connectivity index (χ0) is 16.1. The van der Waals surface area contributed by atoms with Gasteiger partial charge in [-0.25, -0.2) is 0 Å². The first-order valence-corrected chi connectivity index (χ1v) is 7.08. The van der Waals surface area contributed by atoms with Crippen LogP contribution in [0.2, 0.25) is 0 Å². The van der Waals surface area contributed by atoms with Gasteiger partial charge in [-0.1, -0.05) is 30.3 Å². The van der Waals surface area contributed by atoms with Crippen LogP contribution in [0.3, 0.4) is 0 Å². The Morgan fingerprint density at radius 3 is 2.59 bits per heavy atom. The van der Waals surface area contributed by atoms with Crippen LogP contribution >= 0.6 is 0 Å². The van der Waals surface area contributed by atoms with E-state index in [9.17, 15) is 20.1 Å². The van der Waals surface area contributed by atoms with Gasteiger partial charge in [0.05, 0.1) is 13.2 Å². The number of rotatable bonds is 5. The zero-order valence-electron chi connectivity index (χ0n) is 12.3. The molecule has 122 valence electrons. The number of hydrogen-bond acceptors (Lipinski definition) is 6. The molecule has 1 aromatic carbocycles. The Hall–Kier alpha value is -1.51. The molecule has 22 heavy (non-hydrogen) atoms. The normalized spacial score (nSPS) is 31.7. The molecule has 0 spiro atoms. The van der Waals surface area contributed by atoms with Crippen LogP contribution in [0.25, 0.3) is 0 Å². The molecule has 1 heterocycles. The summed E-state index contributed by atoms with van der Waals surface area (Å²) >= 11 is 0. The largest absolute Gasteiger partial charge is 0.394 e. The van der Waals surface area contributed by atoms with Crippen LogP contribution in [0.5, 0.6) is 0 Å². The molecular formula is C15H21NO6. The van der Waals surface area contributed by atoms with E-state index in [0.717, 1.165) is 5.56 Å². The molecule has 1 fully saturated rings. The minimum atomic E-state index is -1.37. The minimum absolute atomic E-state index is 0.198. The van der Waals surface area contributed by atoms with E-state index in [2.05, 4.69) is 5.32 Å². The quantitative estimate of drug-likeness (QED) is 0.564. The van der Waals surface area contributed by atoms with E-state index in [1.165, 1.54) is 6.92 Å². The maximum Gasteiger partial charge on any atom is 0.217 e. The lowest BCUT2D eigenvalue weighted by atomic mass is 9.96. The summed E-state index contributed by atoms with van der Waals surface area (Å²) in [7, 11) is 0. The summed E-state index contributed by atoms with van der Waals surface area (Å²) in [5.41, 5.74) is 0.887. The highest BCUT2D eigenvalue weighted by molar-refractivity contribution is 5.73. The average Bonchev–Trinajstić information content (AvgIpc) is 2.50. The lowest BCUT2D eigenvalue weighted by Gasteiger charge is -2.42. The Kier molecular flexibility index (Phi) is 5.87. The second-order valence-corrected chi connectivity index (χ2v) is 5.23. The number of carbonyl (C=O) groups is 1. The number of amides is 1. The molecule has 1 aliphatic rings. The van der Waals surface area contributed by atoms with Crippen molar-refractivity contribution in [3.05, 3.63) is 35.9 Å². The van der Waals surface area contributed by atoms with Gasteiger partial charge >= 0.3 is 0 Å². The van der Waals surface area contributed by atoms with Gasteiger partial charge in [-0.2, -0.15) is 0 Å². The summed E-state index contributed by atoms with van der Waals surface area (Å²) in [6, 6.07) is 8.39. The van der Waals surface area contributed by atoms with Gasteiger partial charge in [-0.15, -0.1) is 0 Å². The van der Waals surface area contributed by atoms with Crippen molar-refractivity contribution in [1.82, 2.24) is 5.32 Å². The molecular weight excluding hydrogens is 290 g/mol. The highest BCUT2D eigenvalue weighted by Gasteiger charge is 2.45. The zero-order valence-corrected chi connectivity index (χ0v) is 12.3. The lowest BCUT2D eigenvalue weighted by Crippen LogP contribution is -2.64. The Morgan fingerprint density at radius 1 is 1.32 bits per heavy atom. The summed E-state index contributed by atoms with van der Waals surface area (Å²) in [6.07, 6.45) is -4.41. The lowest BCUT2D eigenvalue weighted by molar-refractivity contribution is -0.263. The third-order valence-electron chi connectivity index (χ3n) is 3.53. The summed E-state index contributed by atoms with van der Waals surface area (Å²) < 4.78 is 10.8. The smallest absolute Gasteiger partial charge is 0.217 e. The van der Waals surface area contributed by atoms with E-state index in [-0.39, 0.29) is 12.5 Å². The predicted octanol–water partition coefficient (Wildman–Crippen LogP) is -0.853. The SMILES string of the molecule is CC(=O)NC1C(O)OC(CO)C(O)C1OCc1ccccc1. The first-order chi connectivity index (χ1) is 10.5. The Bertz CT molecular complexity index is 482. The predicted molar refractivity (Wildman–Crippen MR) is 76.6 cm³/mol. The number of hydrogen-bond donors (Lipinski definition) is 4. The van der Waals surface area contributed by atoms with Gasteiger partial charge in [0.2, 0.25) is 5.91 Å². The van der Waals surface area contributed by atoms with Crippen molar-refractivity contribution >= 4 is 5.91 Å². The molecule has 1 aliphatic heterocycles. The molecule has 7 heteroatoms. The van der Waals surface area contributed by atoms with Crippen molar-refractivity contribution in [2.24, 2.45) is 0 Å². The van der Waals surface area contributed by atoms with Crippen molar-refractivity contribution in [2.75, 3.05) is 6.61 Å². The standard InChI is InChI=1S/C15H21NO6/c1-9(18)16-12-14(13(19)11(7-17)22-15(12)20)21-8-10-5-3-2-4-6-10/h2-6,11-15,17,19-20H,7-8H2,1H3,(H,16,18). The number of benzene rings is 1. The first kappa shape index (κ1) is 16.9. The number of aliphatic hydroxyl groups excluding tert-OH is 3. The fourth-order valence-corrected chi connectivity index (χ4v) is 2.44. The van der Waals surface area contributed by atoms with Crippen molar-refractivity contribution in [3.63, 3.8) is 0 Å². The van der Waals surface area contributed by atoms with Crippen molar-refractivity contribution in [3.8, 4) is 0 Å². The van der Waals surface area contributed by atoms with E-state index in [1.54, 1.807) is 0 Å². The van der Waals surface area contributed by atoms with Crippen LogP contribution in [-0.2, 0) is 20.9 Å². The van der Waals surface area contributed by atoms with Gasteiger partial charge in [0.15, 0.2) is 6.29 Å². The van der Waals surface area contributed by atoms with Crippen molar-refractivity contribution in [2.45, 2.75) is 44.2 Å². The second kappa shape index (κ2) is 7.66. The maximum atomic E-state index is 11.3. The van der Waals surface area contributed by atoms with Crippen LogP contribution in [0, 0.1) is 0 Å². The molecule has 2 rings (SSSR count). The summed E-state index contributed by atoms with van der Waals surface area (Å²) in [6.45, 7) is 1.03. The molecule has 5 unspecified atom stereocenters. The van der Waals surface area contributed by atoms with Gasteiger partial charge in [0.1, 0.15) is 24.4 Å². The van der Waals surface area contributed by atoms with E-state index in [4.69, 9.17) is 9.47 Å². The number of aliphatic hydroxyl groups is 3. The minimum Gasteiger partial charge on any atom is -0.394 e. The summed E-state index contributed by atoms with van der Waals surface area (Å²) in [5, 5.41) is 31.9. The van der Waals surface area contributed by atoms with Crippen LogP contribution < -0.4 is 5.32 Å². The molecule has 0 aliphatic carbocycles. The van der Waals surface area contributed by atoms with E-state index in [1.807, 2.05) is 30.3 Å². The highest BCUT2D eigenvalue weighted by Crippen LogP contribution is 2.23. The maximum absolute atomic E-state index is 11.3. The number of nitrogens with one attached hydrogen (secondary N) is 1. The first-order valence-electron chi connectivity index (χ1n) is 7.08. The van der Waals surface area contributed by atoms with Gasteiger partial charge in [-0.05, 0) is 5.56 Å². The third kappa shape index (κ3) is 4.02. The molecule has 0 bridgehead atoms. The summed E-state index contributed by atoms with van der Waals surface area (Å²) in [5.74, 6) is -0.379. The van der Waals surface area contributed by atoms with E-state index in [0.29, 0.717) is 0 Å².